The predicted molar refractivity (Wildman–Crippen MR) is 502 cm³/mol. The van der Waals surface area contributed by atoms with Crippen molar-refractivity contribution in [1.29, 1.82) is 0 Å². The summed E-state index contributed by atoms with van der Waals surface area (Å²) in [6, 6.07) is -3.26. The van der Waals surface area contributed by atoms with Crippen LogP contribution >= 0.6 is 0 Å². The van der Waals surface area contributed by atoms with Gasteiger partial charge in [0.1, 0.15) is 68.5 Å². The molecule has 0 unspecified atom stereocenters. The second-order valence-corrected chi connectivity index (χ2v) is 35.6. The molecular formula is C97H158N8O37. The minimum absolute atomic E-state index is 0.00459. The smallest absolute Gasteiger partial charge is 0.303 e. The van der Waals surface area contributed by atoms with Crippen molar-refractivity contribution in [1.82, 2.24) is 42.5 Å². The highest BCUT2D eigenvalue weighted by molar-refractivity contribution is 5.94. The van der Waals surface area contributed by atoms with E-state index < -0.39 is 194 Å². The normalized spacial score (nSPS) is 22.9. The van der Waals surface area contributed by atoms with Gasteiger partial charge in [-0.25, -0.2) is 0 Å². The number of aliphatic carboxylic acids is 1. The molecule has 18 atom stereocenters. The van der Waals surface area contributed by atoms with Gasteiger partial charge in [0, 0.05) is 180 Å². The van der Waals surface area contributed by atoms with Gasteiger partial charge in [0.2, 0.25) is 47.3 Å². The second-order valence-electron chi connectivity index (χ2n) is 35.6. The zero-order valence-corrected chi connectivity index (χ0v) is 84.8. The van der Waals surface area contributed by atoms with Gasteiger partial charge < -0.3 is 133 Å². The van der Waals surface area contributed by atoms with Gasteiger partial charge in [-0.3, -0.25) is 86.3 Å². The summed E-state index contributed by atoms with van der Waals surface area (Å²) in [4.78, 5) is 224. The number of rotatable bonds is 73. The molecule has 8 amide bonds. The van der Waals surface area contributed by atoms with Gasteiger partial charge in [-0.2, -0.15) is 0 Å². The van der Waals surface area contributed by atoms with Crippen LogP contribution in [0, 0.1) is 0 Å². The van der Waals surface area contributed by atoms with Gasteiger partial charge in [-0.15, -0.1) is 0 Å². The molecule has 4 aliphatic rings. The second kappa shape index (κ2) is 72.2. The molecule has 0 saturated carbocycles. The topological polar surface area (TPSA) is 590 Å². The number of ether oxygens (including phenoxy) is 18. The molecule has 4 rings (SSSR count). The number of amides is 8. The molecule has 0 bridgehead atoms. The fraction of sp³-hybridized carbons (Fsp3) is 0.794. The molecule has 45 heteroatoms. The maximum absolute atomic E-state index is 14.2. The summed E-state index contributed by atoms with van der Waals surface area (Å²) in [6.45, 7) is 15.3. The van der Waals surface area contributed by atoms with E-state index in [1.807, 2.05) is 0 Å². The van der Waals surface area contributed by atoms with E-state index in [4.69, 9.17) is 90.4 Å². The summed E-state index contributed by atoms with van der Waals surface area (Å²) in [5.41, 5.74) is 0.310. The van der Waals surface area contributed by atoms with Gasteiger partial charge in [-0.05, 0) is 70.3 Å². The predicted octanol–water partition coefficient (Wildman–Crippen LogP) is 5.64. The van der Waals surface area contributed by atoms with Crippen LogP contribution < -0.4 is 42.5 Å². The highest BCUT2D eigenvalue weighted by Gasteiger charge is 2.55. The van der Waals surface area contributed by atoms with Crippen LogP contribution in [0.25, 0.3) is 0 Å². The van der Waals surface area contributed by atoms with Crippen LogP contribution in [0.4, 0.5) is 0 Å². The number of carbonyl (C=O) groups excluding carboxylic acids is 17. The van der Waals surface area contributed by atoms with E-state index in [2.05, 4.69) is 42.5 Å². The molecule has 0 aromatic carbocycles. The van der Waals surface area contributed by atoms with Gasteiger partial charge in [0.15, 0.2) is 55.5 Å². The lowest BCUT2D eigenvalue weighted by Gasteiger charge is -2.44. The quantitative estimate of drug-likeness (QED) is 0.0202. The summed E-state index contributed by atoms with van der Waals surface area (Å²) in [5, 5.41) is 31.8. The number of hydrogen-bond acceptors (Lipinski definition) is 36. The molecule has 9 N–H and O–H groups in total. The van der Waals surface area contributed by atoms with Crippen LogP contribution in [-0.4, -0.2) is 314 Å². The van der Waals surface area contributed by atoms with Gasteiger partial charge >= 0.3 is 59.7 Å². The maximum atomic E-state index is 14.2. The zero-order valence-electron chi connectivity index (χ0n) is 84.8. The van der Waals surface area contributed by atoms with Gasteiger partial charge in [0.05, 0.1) is 25.9 Å². The molecule has 808 valence electrons. The molecule has 3 fully saturated rings. The molecule has 3 heterocycles. The largest absolute Gasteiger partial charge is 0.481 e. The Hall–Kier alpha value is -10.2. The number of hydrogen-bond donors (Lipinski definition) is 9. The molecular weight excluding hydrogens is 1870 g/mol. The highest BCUT2D eigenvalue weighted by atomic mass is 16.7. The Morgan fingerprint density at radius 2 is 0.549 bits per heavy atom. The summed E-state index contributed by atoms with van der Waals surface area (Å²) in [6.07, 6.45) is 4.42. The number of carboxylic acid groups (broad SMARTS) is 1. The minimum Gasteiger partial charge on any atom is -0.481 e. The van der Waals surface area contributed by atoms with E-state index in [1.54, 1.807) is 6.08 Å². The third-order valence-electron chi connectivity index (χ3n) is 23.0. The molecule has 1 aliphatic carbocycles. The SMILES string of the molecule is CC(=O)N[C@H]1[C@H](OCCCCCCCCCNC(=O)CCO[C@@H]2[C@H](OCCC(=O)NCCCCCCCCCO[C@@H]3O[C@H](COC(C)=O)[C@H](OC(C)=O)[C@H](OC(C)=O)[C@H]3NC(C)=O)C=C(C(=O)NCCCCCCNC(=O)CCCCC(=O)O)C[C@H]2OCCC(=O)NCCCCCCCCCO[C@@H]2O[C@H](COC(C)=O)[C@H](OC(C)=O)[C@H](OC(C)=O)[C@H]2NC(C)=O)O[C@H](COC(C)=O)[C@H](OC(C)=O)[C@@H]1OC(C)=O. The number of nitrogens with one attached hydrogen (secondary N) is 8. The molecule has 0 spiro atoms. The van der Waals surface area contributed by atoms with Crippen molar-refractivity contribution in [3.05, 3.63) is 11.6 Å². The fourth-order valence-electron chi connectivity index (χ4n) is 16.4. The van der Waals surface area contributed by atoms with Crippen molar-refractivity contribution >= 4 is 107 Å². The van der Waals surface area contributed by atoms with E-state index in [9.17, 15) is 86.3 Å². The first-order chi connectivity index (χ1) is 67.8. The average molecular weight is 2030 g/mol. The van der Waals surface area contributed by atoms with Crippen LogP contribution in [0.1, 0.15) is 295 Å². The van der Waals surface area contributed by atoms with Crippen LogP contribution in [0.3, 0.4) is 0 Å². The molecule has 0 aromatic heterocycles. The van der Waals surface area contributed by atoms with Crippen molar-refractivity contribution in [3.8, 4) is 0 Å². The lowest BCUT2D eigenvalue weighted by Crippen LogP contribution is -2.66. The van der Waals surface area contributed by atoms with E-state index in [0.717, 1.165) is 151 Å². The number of esters is 9. The van der Waals surface area contributed by atoms with Crippen molar-refractivity contribution in [2.45, 2.75) is 405 Å². The summed E-state index contributed by atoms with van der Waals surface area (Å²) in [7, 11) is 0. The summed E-state index contributed by atoms with van der Waals surface area (Å²) in [5.74, 6) is -10.1. The Morgan fingerprint density at radius 3 is 0.845 bits per heavy atom. The Morgan fingerprint density at radius 1 is 0.282 bits per heavy atom. The average Bonchev–Trinajstić information content (AvgIpc) is 0.790. The minimum atomic E-state index is -1.25. The Balaban J connectivity index is 1.39. The highest BCUT2D eigenvalue weighted by Crippen LogP contribution is 2.34. The van der Waals surface area contributed by atoms with Crippen molar-refractivity contribution < 1.29 is 177 Å². The monoisotopic (exact) mass is 2030 g/mol. The molecule has 0 aromatic rings. The molecule has 142 heavy (non-hydrogen) atoms. The Kier molecular flexibility index (Phi) is 63.1. The molecule has 3 saturated heterocycles. The lowest BCUT2D eigenvalue weighted by molar-refractivity contribution is -0.277. The first kappa shape index (κ1) is 124. The van der Waals surface area contributed by atoms with Crippen LogP contribution in [0.5, 0.6) is 0 Å². The van der Waals surface area contributed by atoms with E-state index >= 15 is 0 Å². The molecule has 45 nitrogen and oxygen atoms in total. The lowest BCUT2D eigenvalue weighted by atomic mass is 9.91. The van der Waals surface area contributed by atoms with Crippen LogP contribution in [0.15, 0.2) is 11.6 Å². The van der Waals surface area contributed by atoms with E-state index in [-0.39, 0.29) is 122 Å². The standard InChI is InChI=1S/C97H158N8O37/c1-61(106)103-84-91(137-70(10)115)88(134-67(7)112)76(58-131-64(4)109)140-95(84)128-50-37-27-19-13-16-22-32-46-99-80(119)42-53-125-74-56-73(94(124)102-49-36-26-25-35-45-98-79(118)40-30-31-41-83(122)123)57-75(126-54-43-81(120)100-47-33-23-17-14-20-28-38-51-129-96-85(104-62(2)107)92(138-71(11)116)89(135-68(8)113)77(141-96)59-132-65(5)110)87(74)127-55-44-82(121)101-48-34-24-18-15-21-29-39-52-130-97-86(105-63(3)108)93(139-72(12)117)90(136-69(9)114)78(142-97)60-133-66(6)111/h56,74-78,84-93,95-97H,13-55,57-60H2,1-12H3,(H,98,118)(H,99,119)(H,100,120)(H,101,121)(H,102,124)(H,103,106)(H,104,107)(H,105,108)(H,122,123)/t74-,75-,76-,77-,78-,84-,85-,86-,87-,88+,89+,90+,91-,92-,93-,95-,96-,97-/m1/s1. The summed E-state index contributed by atoms with van der Waals surface area (Å²) < 4.78 is 105. The number of carbonyl (C=O) groups is 18. The number of carboxylic acids is 1. The molecule has 3 aliphatic heterocycles. The van der Waals surface area contributed by atoms with Crippen LogP contribution in [0.2, 0.25) is 0 Å². The first-order valence-corrected chi connectivity index (χ1v) is 50.0. The fourth-order valence-corrected chi connectivity index (χ4v) is 16.4. The Bertz CT molecular complexity index is 3930. The Labute approximate surface area is 831 Å². The third kappa shape index (κ3) is 54.5. The van der Waals surface area contributed by atoms with Crippen molar-refractivity contribution in [3.63, 3.8) is 0 Å². The van der Waals surface area contributed by atoms with Crippen molar-refractivity contribution in [2.75, 3.05) is 92.2 Å². The zero-order chi connectivity index (χ0) is 105. The van der Waals surface area contributed by atoms with Gasteiger partial charge in [-0.1, -0.05) is 109 Å². The maximum Gasteiger partial charge on any atom is 0.303 e. The van der Waals surface area contributed by atoms with Crippen LogP contribution in [-0.2, 0) is 172 Å². The van der Waals surface area contributed by atoms with E-state index in [0.29, 0.717) is 103 Å². The van der Waals surface area contributed by atoms with E-state index in [1.165, 1.54) is 41.5 Å². The molecule has 0 radical (unpaired) electrons. The van der Waals surface area contributed by atoms with Crippen molar-refractivity contribution in [2.24, 2.45) is 0 Å². The summed E-state index contributed by atoms with van der Waals surface area (Å²) >= 11 is 0. The number of unbranched alkanes of at least 4 members (excludes halogenated alkanes) is 22. The third-order valence-corrected chi connectivity index (χ3v) is 23.0. The first-order valence-electron chi connectivity index (χ1n) is 50.0. The van der Waals surface area contributed by atoms with Gasteiger partial charge in [0.25, 0.3) is 0 Å².